The summed E-state index contributed by atoms with van der Waals surface area (Å²) in [7, 11) is 1.92. The Balaban J connectivity index is 1.60. The van der Waals surface area contributed by atoms with Gasteiger partial charge in [0.05, 0.1) is 5.69 Å². The molecule has 4 heteroatoms. The van der Waals surface area contributed by atoms with Crippen LogP contribution in [-0.4, -0.2) is 15.0 Å². The lowest BCUT2D eigenvalue weighted by Crippen LogP contribution is -2.46. The quantitative estimate of drug-likeness (QED) is 0.816. The minimum absolute atomic E-state index is 0.538. The van der Waals surface area contributed by atoms with Crippen LogP contribution >= 0.6 is 0 Å². The molecule has 0 radical (unpaired) electrons. The molecule has 4 fully saturated rings. The van der Waals surface area contributed by atoms with Crippen LogP contribution in [0.5, 0.6) is 0 Å². The number of nitriles is 1. The Morgan fingerprint density at radius 2 is 1.79 bits per heavy atom. The van der Waals surface area contributed by atoms with Gasteiger partial charge in [-0.15, -0.1) is 5.10 Å². The highest BCUT2D eigenvalue weighted by Crippen LogP contribution is 2.57. The van der Waals surface area contributed by atoms with Gasteiger partial charge < -0.3 is 0 Å². The van der Waals surface area contributed by atoms with Crippen LogP contribution in [0.15, 0.2) is 0 Å². The second-order valence-electron chi connectivity index (χ2n) is 6.92. The zero-order valence-corrected chi connectivity index (χ0v) is 11.4. The Kier molecular flexibility index (Phi) is 2.45. The molecule has 19 heavy (non-hydrogen) atoms. The first-order chi connectivity index (χ1) is 9.24. The van der Waals surface area contributed by atoms with Crippen molar-refractivity contribution in [2.75, 3.05) is 0 Å². The average molecular weight is 256 g/mol. The fourth-order valence-corrected chi connectivity index (χ4v) is 5.29. The van der Waals surface area contributed by atoms with E-state index >= 15 is 0 Å². The lowest BCUT2D eigenvalue weighted by atomic mass is 9.51. The molecule has 0 atom stereocenters. The monoisotopic (exact) mass is 256 g/mol. The van der Waals surface area contributed by atoms with Crippen molar-refractivity contribution in [1.82, 2.24) is 15.0 Å². The third kappa shape index (κ3) is 1.71. The van der Waals surface area contributed by atoms with Crippen LogP contribution in [0.3, 0.4) is 0 Å². The minimum atomic E-state index is 0.538. The zero-order valence-electron chi connectivity index (χ0n) is 11.4. The maximum atomic E-state index is 9.15. The molecule has 1 aromatic heterocycles. The van der Waals surface area contributed by atoms with Crippen molar-refractivity contribution >= 4 is 0 Å². The normalized spacial score (nSPS) is 39.5. The third-order valence-corrected chi connectivity index (χ3v) is 5.90. The van der Waals surface area contributed by atoms with Gasteiger partial charge in [0, 0.05) is 7.05 Å². The Bertz CT molecular complexity index is 511. The molecule has 0 spiro atoms. The van der Waals surface area contributed by atoms with Gasteiger partial charge in [0.2, 0.25) is 0 Å². The molecule has 100 valence electrons. The maximum absolute atomic E-state index is 9.15. The zero-order chi connectivity index (χ0) is 13.0. The second kappa shape index (κ2) is 4.06. The number of hydrogen-bond donors (Lipinski definition) is 0. The smallest absolute Gasteiger partial charge is 0.185 e. The van der Waals surface area contributed by atoms with Gasteiger partial charge >= 0.3 is 0 Å². The molecule has 0 aromatic carbocycles. The summed E-state index contributed by atoms with van der Waals surface area (Å²) in [6.45, 7) is 0. The standard InChI is InChI=1S/C15H20N4/c1-19-15(14(8-16)17-18-19)7-13-11-3-9-2-10(5-11)6-12(13)4-9/h9-13H,2-7H2,1H3. The van der Waals surface area contributed by atoms with E-state index in [0.717, 1.165) is 41.7 Å². The molecular weight excluding hydrogens is 236 g/mol. The van der Waals surface area contributed by atoms with Gasteiger partial charge in [0.15, 0.2) is 5.69 Å². The number of aryl methyl sites for hydroxylation is 1. The lowest BCUT2D eigenvalue weighted by molar-refractivity contribution is -0.0366. The van der Waals surface area contributed by atoms with Gasteiger partial charge in [-0.3, -0.25) is 4.68 Å². The van der Waals surface area contributed by atoms with Crippen molar-refractivity contribution in [3.05, 3.63) is 11.4 Å². The van der Waals surface area contributed by atoms with Crippen LogP contribution in [0.1, 0.15) is 43.5 Å². The van der Waals surface area contributed by atoms with E-state index < -0.39 is 0 Å². The van der Waals surface area contributed by atoms with Crippen LogP contribution in [0.25, 0.3) is 0 Å². The second-order valence-corrected chi connectivity index (χ2v) is 6.92. The molecule has 0 saturated heterocycles. The topological polar surface area (TPSA) is 54.5 Å². The molecule has 4 nitrogen and oxygen atoms in total. The molecule has 4 aliphatic rings. The van der Waals surface area contributed by atoms with Gasteiger partial charge in [-0.2, -0.15) is 5.26 Å². The van der Waals surface area contributed by atoms with Gasteiger partial charge in [0.25, 0.3) is 0 Å². The SMILES string of the molecule is Cn1nnc(C#N)c1CC1C2CC3CC(C2)CC1C3. The molecular formula is C15H20N4. The molecule has 0 aliphatic heterocycles. The predicted molar refractivity (Wildman–Crippen MR) is 70.0 cm³/mol. The van der Waals surface area contributed by atoms with E-state index in [1.807, 2.05) is 11.7 Å². The predicted octanol–water partition coefficient (Wildman–Crippen LogP) is 2.30. The summed E-state index contributed by atoms with van der Waals surface area (Å²) in [4.78, 5) is 0. The fourth-order valence-electron chi connectivity index (χ4n) is 5.29. The van der Waals surface area contributed by atoms with Crippen molar-refractivity contribution in [2.45, 2.75) is 38.5 Å². The Morgan fingerprint density at radius 1 is 1.16 bits per heavy atom. The highest BCUT2D eigenvalue weighted by molar-refractivity contribution is 5.25. The highest BCUT2D eigenvalue weighted by Gasteiger charge is 2.48. The number of aromatic nitrogens is 3. The van der Waals surface area contributed by atoms with Crippen molar-refractivity contribution in [2.24, 2.45) is 36.6 Å². The van der Waals surface area contributed by atoms with Crippen LogP contribution in [0.4, 0.5) is 0 Å². The van der Waals surface area contributed by atoms with Gasteiger partial charge in [-0.25, -0.2) is 0 Å². The van der Waals surface area contributed by atoms with E-state index in [4.69, 9.17) is 5.26 Å². The molecule has 0 N–H and O–H groups in total. The summed E-state index contributed by atoms with van der Waals surface area (Å²) in [5, 5.41) is 17.1. The van der Waals surface area contributed by atoms with Crippen LogP contribution in [-0.2, 0) is 13.5 Å². The van der Waals surface area contributed by atoms with Crippen molar-refractivity contribution in [3.8, 4) is 6.07 Å². The summed E-state index contributed by atoms with van der Waals surface area (Å²) in [5.74, 6) is 4.60. The third-order valence-electron chi connectivity index (χ3n) is 5.90. The van der Waals surface area contributed by atoms with Gasteiger partial charge in [-0.1, -0.05) is 5.21 Å². The molecule has 0 amide bonds. The van der Waals surface area contributed by atoms with Crippen molar-refractivity contribution < 1.29 is 0 Å². The summed E-state index contributed by atoms with van der Waals surface area (Å²) in [6.07, 6.45) is 8.25. The summed E-state index contributed by atoms with van der Waals surface area (Å²) < 4.78 is 1.81. The summed E-state index contributed by atoms with van der Waals surface area (Å²) in [5.41, 5.74) is 1.59. The molecule has 1 aromatic rings. The van der Waals surface area contributed by atoms with Crippen molar-refractivity contribution in [1.29, 1.82) is 5.26 Å². The number of rotatable bonds is 2. The lowest BCUT2D eigenvalue weighted by Gasteiger charge is -2.54. The first-order valence-electron chi connectivity index (χ1n) is 7.53. The molecule has 4 bridgehead atoms. The maximum Gasteiger partial charge on any atom is 0.185 e. The molecule has 0 unspecified atom stereocenters. The Morgan fingerprint density at radius 3 is 2.37 bits per heavy atom. The summed E-state index contributed by atoms with van der Waals surface area (Å²) in [6, 6.07) is 2.19. The average Bonchev–Trinajstić information content (AvgIpc) is 2.73. The van der Waals surface area contributed by atoms with Gasteiger partial charge in [0.1, 0.15) is 6.07 Å². The highest BCUT2D eigenvalue weighted by atomic mass is 15.4. The van der Waals surface area contributed by atoms with Gasteiger partial charge in [-0.05, 0) is 68.1 Å². The van der Waals surface area contributed by atoms with E-state index in [9.17, 15) is 0 Å². The van der Waals surface area contributed by atoms with E-state index in [0.29, 0.717) is 5.69 Å². The molecule has 1 heterocycles. The van der Waals surface area contributed by atoms with E-state index in [2.05, 4.69) is 16.4 Å². The minimum Gasteiger partial charge on any atom is -0.251 e. The van der Waals surface area contributed by atoms with E-state index in [1.165, 1.54) is 32.1 Å². The van der Waals surface area contributed by atoms with E-state index in [-0.39, 0.29) is 0 Å². The first kappa shape index (κ1) is 11.5. The molecule has 5 rings (SSSR count). The molecule has 4 saturated carbocycles. The van der Waals surface area contributed by atoms with E-state index in [1.54, 1.807) is 0 Å². The van der Waals surface area contributed by atoms with Crippen molar-refractivity contribution in [3.63, 3.8) is 0 Å². The molecule has 4 aliphatic carbocycles. The van der Waals surface area contributed by atoms with Crippen LogP contribution in [0, 0.1) is 40.9 Å². The fraction of sp³-hybridized carbons (Fsp3) is 0.800. The largest absolute Gasteiger partial charge is 0.251 e. The summed E-state index contributed by atoms with van der Waals surface area (Å²) >= 11 is 0. The van der Waals surface area contributed by atoms with Crippen LogP contribution < -0.4 is 0 Å². The first-order valence-corrected chi connectivity index (χ1v) is 7.53. The Hall–Kier alpha value is -1.37. The Labute approximate surface area is 113 Å². The number of hydrogen-bond acceptors (Lipinski definition) is 3. The van der Waals surface area contributed by atoms with Crippen LogP contribution in [0.2, 0.25) is 0 Å². The number of nitrogens with zero attached hydrogens (tertiary/aromatic N) is 4.